The first-order chi connectivity index (χ1) is 13.5. The summed E-state index contributed by atoms with van der Waals surface area (Å²) in [5.74, 6) is 2.02. The number of ether oxygens (including phenoxy) is 1. The van der Waals surface area contributed by atoms with E-state index in [1.807, 2.05) is 17.7 Å². The second-order valence-electron chi connectivity index (χ2n) is 7.67. The van der Waals surface area contributed by atoms with Crippen molar-refractivity contribution in [2.75, 3.05) is 37.0 Å². The number of thioether (sulfide) groups is 1. The minimum Gasteiger partial charge on any atom is -0.366 e. The molecule has 4 rings (SSSR count). The summed E-state index contributed by atoms with van der Waals surface area (Å²) in [6.07, 6.45) is 0.826. The Hall–Kier alpha value is -1.42. The fourth-order valence-electron chi connectivity index (χ4n) is 3.98. The zero-order chi connectivity index (χ0) is 19.6. The van der Waals surface area contributed by atoms with Crippen molar-refractivity contribution in [2.24, 2.45) is 7.05 Å². The van der Waals surface area contributed by atoms with Crippen LogP contribution in [0.25, 0.3) is 0 Å². The highest BCUT2D eigenvalue weighted by molar-refractivity contribution is 7.99. The summed E-state index contributed by atoms with van der Waals surface area (Å²) in [7, 11) is -0.995. The summed E-state index contributed by atoms with van der Waals surface area (Å²) < 4.78 is 31.4. The Labute approximate surface area is 170 Å². The Bertz CT molecular complexity index is 901. The van der Waals surface area contributed by atoms with E-state index in [2.05, 4.69) is 34.5 Å². The normalized spacial score (nSPS) is 27.1. The number of nitrogens with one attached hydrogen (secondary N) is 1. The van der Waals surface area contributed by atoms with Crippen molar-refractivity contribution in [1.29, 1.82) is 0 Å². The molecule has 2 aliphatic heterocycles. The highest BCUT2D eigenvalue weighted by Crippen LogP contribution is 2.29. The van der Waals surface area contributed by atoms with Crippen LogP contribution >= 0.6 is 11.8 Å². The number of rotatable bonds is 6. The lowest BCUT2D eigenvalue weighted by molar-refractivity contribution is -0.924. The molecule has 2 aliphatic rings. The molecule has 2 aromatic rings. The second kappa shape index (κ2) is 8.52. The molecule has 152 valence electrons. The van der Waals surface area contributed by atoms with Crippen molar-refractivity contribution in [3.05, 3.63) is 41.7 Å². The lowest BCUT2D eigenvalue weighted by Gasteiger charge is -2.30. The Morgan fingerprint density at radius 2 is 2.11 bits per heavy atom. The van der Waals surface area contributed by atoms with E-state index >= 15 is 0 Å². The van der Waals surface area contributed by atoms with Gasteiger partial charge in [0.25, 0.3) is 0 Å². The van der Waals surface area contributed by atoms with E-state index in [9.17, 15) is 8.42 Å². The molecule has 0 aliphatic carbocycles. The predicted octanol–water partition coefficient (Wildman–Crippen LogP) is 0.293. The fourth-order valence-corrected chi connectivity index (χ4v) is 6.65. The van der Waals surface area contributed by atoms with Gasteiger partial charge in [-0.2, -0.15) is 0 Å². The van der Waals surface area contributed by atoms with Crippen LogP contribution < -0.4 is 4.90 Å². The van der Waals surface area contributed by atoms with Gasteiger partial charge in [-0.05, 0) is 6.42 Å². The number of hydrogen-bond acceptors (Lipinski definition) is 6. The van der Waals surface area contributed by atoms with Gasteiger partial charge in [-0.1, -0.05) is 42.1 Å². The molecule has 1 unspecified atom stereocenters. The number of aromatic nitrogens is 3. The summed E-state index contributed by atoms with van der Waals surface area (Å²) in [5, 5.41) is 9.41. The standard InChI is InChI=1S/C19H26N4O3S2/c1-22-18(16-7-10-28(24,25)14-16)20-21-19(22)27-13-17-12-23(8-9-26-17)11-15-5-3-2-4-6-15/h2-6,16-17H,7-14H2,1H3/p+1/t16-,17-/m1/s1. The molecule has 0 spiro atoms. The molecule has 7 nitrogen and oxygen atoms in total. The number of nitrogens with zero attached hydrogens (tertiary/aromatic N) is 3. The molecule has 0 amide bonds. The molecule has 28 heavy (non-hydrogen) atoms. The molecule has 0 saturated carbocycles. The van der Waals surface area contributed by atoms with Crippen molar-refractivity contribution in [3.63, 3.8) is 0 Å². The third-order valence-corrected chi connectivity index (χ3v) is 8.41. The van der Waals surface area contributed by atoms with Gasteiger partial charge in [-0.25, -0.2) is 8.42 Å². The zero-order valence-electron chi connectivity index (χ0n) is 16.1. The third kappa shape index (κ3) is 4.76. The molecule has 2 fully saturated rings. The van der Waals surface area contributed by atoms with Gasteiger partial charge in [-0.3, -0.25) is 0 Å². The van der Waals surface area contributed by atoms with Crippen molar-refractivity contribution in [1.82, 2.24) is 14.8 Å². The van der Waals surface area contributed by atoms with Gasteiger partial charge in [0.05, 0.1) is 18.1 Å². The Kier molecular flexibility index (Phi) is 6.05. The van der Waals surface area contributed by atoms with Gasteiger partial charge in [0.2, 0.25) is 0 Å². The molecule has 0 bridgehead atoms. The minimum absolute atomic E-state index is 0.0337. The van der Waals surface area contributed by atoms with Crippen LogP contribution in [0.2, 0.25) is 0 Å². The second-order valence-corrected chi connectivity index (χ2v) is 10.9. The monoisotopic (exact) mass is 423 g/mol. The molecule has 1 N–H and O–H groups in total. The van der Waals surface area contributed by atoms with E-state index in [0.717, 1.165) is 43.0 Å². The lowest BCUT2D eigenvalue weighted by Crippen LogP contribution is -3.13. The first-order valence-corrected chi connectivity index (χ1v) is 12.5. The van der Waals surface area contributed by atoms with E-state index in [4.69, 9.17) is 4.74 Å². The van der Waals surface area contributed by atoms with Crippen molar-refractivity contribution < 1.29 is 18.1 Å². The Morgan fingerprint density at radius 1 is 1.29 bits per heavy atom. The summed E-state index contributed by atoms with van der Waals surface area (Å²) >= 11 is 1.64. The van der Waals surface area contributed by atoms with Crippen molar-refractivity contribution >= 4 is 21.6 Å². The molecule has 1 aromatic carbocycles. The largest absolute Gasteiger partial charge is 0.366 e. The molecule has 3 atom stereocenters. The van der Waals surface area contributed by atoms with Gasteiger partial charge in [0.15, 0.2) is 15.0 Å². The van der Waals surface area contributed by atoms with Gasteiger partial charge in [0.1, 0.15) is 31.6 Å². The topological polar surface area (TPSA) is 78.5 Å². The Balaban J connectivity index is 1.32. The number of morpholine rings is 1. The smallest absolute Gasteiger partial charge is 0.191 e. The van der Waals surface area contributed by atoms with Crippen LogP contribution in [0.4, 0.5) is 0 Å². The average molecular weight is 424 g/mol. The quantitative estimate of drug-likeness (QED) is 0.673. The molecular formula is C19H27N4O3S2+. The lowest BCUT2D eigenvalue weighted by atomic mass is 10.1. The van der Waals surface area contributed by atoms with Crippen LogP contribution in [0, 0.1) is 0 Å². The molecular weight excluding hydrogens is 396 g/mol. The number of hydrogen-bond donors (Lipinski definition) is 1. The van der Waals surface area contributed by atoms with Crippen LogP contribution in [-0.4, -0.2) is 66.2 Å². The van der Waals surface area contributed by atoms with Gasteiger partial charge in [0, 0.05) is 24.3 Å². The number of benzene rings is 1. The maximum Gasteiger partial charge on any atom is 0.191 e. The maximum atomic E-state index is 11.7. The summed E-state index contributed by atoms with van der Waals surface area (Å²) in [4.78, 5) is 1.54. The van der Waals surface area contributed by atoms with Gasteiger partial charge in [-0.15, -0.1) is 10.2 Å². The number of quaternary nitrogens is 1. The molecule has 0 radical (unpaired) electrons. The van der Waals surface area contributed by atoms with E-state index < -0.39 is 9.84 Å². The summed E-state index contributed by atoms with van der Waals surface area (Å²) in [6, 6.07) is 10.6. The highest BCUT2D eigenvalue weighted by atomic mass is 32.2. The Morgan fingerprint density at radius 3 is 2.86 bits per heavy atom. The molecule has 1 aromatic heterocycles. The van der Waals surface area contributed by atoms with Crippen LogP contribution in [0.1, 0.15) is 23.7 Å². The average Bonchev–Trinajstić information content (AvgIpc) is 3.23. The zero-order valence-corrected chi connectivity index (χ0v) is 17.7. The van der Waals surface area contributed by atoms with Crippen LogP contribution in [0.3, 0.4) is 0 Å². The van der Waals surface area contributed by atoms with Crippen molar-refractivity contribution in [3.8, 4) is 0 Å². The molecule has 3 heterocycles. The van der Waals surface area contributed by atoms with Crippen LogP contribution in [0.5, 0.6) is 0 Å². The van der Waals surface area contributed by atoms with Crippen LogP contribution in [-0.2, 0) is 28.2 Å². The van der Waals surface area contributed by atoms with Gasteiger partial charge >= 0.3 is 0 Å². The molecule has 2 saturated heterocycles. The van der Waals surface area contributed by atoms with E-state index in [1.54, 1.807) is 11.8 Å². The van der Waals surface area contributed by atoms with Crippen LogP contribution in [0.15, 0.2) is 35.5 Å². The highest BCUT2D eigenvalue weighted by Gasteiger charge is 2.33. The molecule has 9 heteroatoms. The van der Waals surface area contributed by atoms with E-state index in [1.165, 1.54) is 10.5 Å². The van der Waals surface area contributed by atoms with E-state index in [0.29, 0.717) is 6.42 Å². The first kappa shape index (κ1) is 19.9. The first-order valence-electron chi connectivity index (χ1n) is 9.72. The maximum absolute atomic E-state index is 11.7. The van der Waals surface area contributed by atoms with Gasteiger partial charge < -0.3 is 14.2 Å². The SMILES string of the molecule is Cn1c(SC[C@H]2C[NH+](Cc3ccccc3)CCO2)nnc1[C@@H]1CCS(=O)(=O)C1. The number of sulfone groups is 1. The predicted molar refractivity (Wildman–Crippen MR) is 108 cm³/mol. The summed E-state index contributed by atoms with van der Waals surface area (Å²) in [6.45, 7) is 3.81. The fraction of sp³-hybridized carbons (Fsp3) is 0.579. The van der Waals surface area contributed by atoms with Crippen molar-refractivity contribution in [2.45, 2.75) is 30.1 Å². The summed E-state index contributed by atoms with van der Waals surface area (Å²) in [5.41, 5.74) is 1.36. The van der Waals surface area contributed by atoms with E-state index in [-0.39, 0.29) is 23.5 Å². The minimum atomic E-state index is -2.92. The third-order valence-electron chi connectivity index (χ3n) is 5.49.